The zero-order valence-corrected chi connectivity index (χ0v) is 11.9. The van der Waals surface area contributed by atoms with Crippen molar-refractivity contribution < 1.29 is 8.42 Å². The Morgan fingerprint density at radius 3 is 2.24 bits per heavy atom. The fourth-order valence-corrected chi connectivity index (χ4v) is 2.38. The van der Waals surface area contributed by atoms with Gasteiger partial charge in [-0.2, -0.15) is 0 Å². The maximum Gasteiger partial charge on any atom is 0.144 e. The lowest BCUT2D eigenvalue weighted by Crippen LogP contribution is -2.01. The summed E-state index contributed by atoms with van der Waals surface area (Å²) in [6.07, 6.45) is 4.93. The summed E-state index contributed by atoms with van der Waals surface area (Å²) in [5.41, 5.74) is 3.17. The molecule has 17 heavy (non-hydrogen) atoms. The fourth-order valence-electron chi connectivity index (χ4n) is 2.38. The van der Waals surface area contributed by atoms with E-state index >= 15 is 0 Å². The molecule has 2 rings (SSSR count). The second kappa shape index (κ2) is 5.67. The van der Waals surface area contributed by atoms with Crippen LogP contribution in [0.4, 0.5) is 0 Å². The highest BCUT2D eigenvalue weighted by atomic mass is 32.2. The van der Waals surface area contributed by atoms with Crippen LogP contribution in [-0.4, -0.2) is 20.9 Å². The van der Waals surface area contributed by atoms with Crippen molar-refractivity contribution in [3.63, 3.8) is 0 Å². The number of sulfone groups is 1. The van der Waals surface area contributed by atoms with Crippen molar-refractivity contribution in [2.75, 3.05) is 12.5 Å². The van der Waals surface area contributed by atoms with E-state index in [4.69, 9.17) is 0 Å². The quantitative estimate of drug-likeness (QED) is 0.772. The zero-order chi connectivity index (χ0) is 13.1. The van der Waals surface area contributed by atoms with E-state index < -0.39 is 9.84 Å². The molecule has 1 aromatic carbocycles. The van der Waals surface area contributed by atoms with Crippen LogP contribution >= 0.6 is 0 Å². The molecule has 2 atom stereocenters. The van der Waals surface area contributed by atoms with Gasteiger partial charge >= 0.3 is 0 Å². The Balaban J connectivity index is 0.000000249. The third-order valence-electron chi connectivity index (χ3n) is 3.26. The van der Waals surface area contributed by atoms with Gasteiger partial charge in [0.05, 0.1) is 0 Å². The summed E-state index contributed by atoms with van der Waals surface area (Å²) in [6, 6.07) is 8.88. The molecule has 2 nitrogen and oxygen atoms in total. The van der Waals surface area contributed by atoms with Gasteiger partial charge in [0, 0.05) is 12.5 Å². The van der Waals surface area contributed by atoms with Crippen LogP contribution in [0.2, 0.25) is 0 Å². The van der Waals surface area contributed by atoms with Crippen molar-refractivity contribution in [2.24, 2.45) is 5.92 Å². The highest BCUT2D eigenvalue weighted by Gasteiger charge is 2.26. The summed E-state index contributed by atoms with van der Waals surface area (Å²) in [5.74, 6) is 1.67. The van der Waals surface area contributed by atoms with E-state index in [1.807, 2.05) is 0 Å². The lowest BCUT2D eigenvalue weighted by atomic mass is 9.93. The monoisotopic (exact) mass is 254 g/mol. The normalized spacial score (nSPS) is 22.6. The summed E-state index contributed by atoms with van der Waals surface area (Å²) in [7, 11) is -2.67. The summed E-state index contributed by atoms with van der Waals surface area (Å²) in [4.78, 5) is 0. The lowest BCUT2D eigenvalue weighted by molar-refractivity contribution is 0.468. The second-order valence-corrected chi connectivity index (χ2v) is 7.29. The van der Waals surface area contributed by atoms with Gasteiger partial charge in [0.15, 0.2) is 0 Å². The van der Waals surface area contributed by atoms with Gasteiger partial charge in [0.1, 0.15) is 9.84 Å². The predicted octanol–water partition coefficient (Wildman–Crippen LogP) is 3.03. The van der Waals surface area contributed by atoms with Crippen LogP contribution in [0.25, 0.3) is 0 Å². The minimum atomic E-state index is -2.67. The van der Waals surface area contributed by atoms with E-state index in [1.165, 1.54) is 12.8 Å². The van der Waals surface area contributed by atoms with Crippen molar-refractivity contribution in [1.82, 2.24) is 0 Å². The molecular formula is C14H22O2S. The molecule has 0 N–H and O–H groups in total. The summed E-state index contributed by atoms with van der Waals surface area (Å²) >= 11 is 0. The molecule has 0 saturated heterocycles. The Kier molecular flexibility index (Phi) is 4.75. The molecule has 0 radical (unpaired) electrons. The molecule has 0 saturated carbocycles. The number of benzene rings is 1. The second-order valence-electron chi connectivity index (χ2n) is 5.00. The number of hydrogen-bond donors (Lipinski definition) is 0. The molecule has 1 aromatic rings. The maximum absolute atomic E-state index is 9.63. The van der Waals surface area contributed by atoms with Gasteiger partial charge in [0.2, 0.25) is 0 Å². The van der Waals surface area contributed by atoms with Crippen LogP contribution in [0.15, 0.2) is 24.3 Å². The van der Waals surface area contributed by atoms with Crippen LogP contribution in [-0.2, 0) is 16.3 Å². The van der Waals surface area contributed by atoms with Crippen molar-refractivity contribution >= 4 is 9.84 Å². The molecule has 0 aromatic heterocycles. The minimum absolute atomic E-state index is 0.784. The Hall–Kier alpha value is -0.830. The number of hydrogen-bond acceptors (Lipinski definition) is 2. The van der Waals surface area contributed by atoms with Crippen LogP contribution in [0, 0.1) is 5.92 Å². The van der Waals surface area contributed by atoms with E-state index in [0.29, 0.717) is 0 Å². The summed E-state index contributed by atoms with van der Waals surface area (Å²) in [6.45, 7) is 4.66. The highest BCUT2D eigenvalue weighted by Crippen LogP contribution is 2.38. The van der Waals surface area contributed by atoms with Crippen LogP contribution in [0.3, 0.4) is 0 Å². The van der Waals surface area contributed by atoms with Gasteiger partial charge in [-0.3, -0.25) is 0 Å². The molecule has 96 valence electrons. The van der Waals surface area contributed by atoms with Crippen molar-refractivity contribution in [1.29, 1.82) is 0 Å². The Morgan fingerprint density at radius 2 is 1.76 bits per heavy atom. The van der Waals surface area contributed by atoms with Crippen molar-refractivity contribution in [3.05, 3.63) is 35.4 Å². The van der Waals surface area contributed by atoms with Gasteiger partial charge in [-0.1, -0.05) is 44.5 Å². The van der Waals surface area contributed by atoms with E-state index in [9.17, 15) is 8.42 Å². The Morgan fingerprint density at radius 1 is 1.24 bits per heavy atom. The topological polar surface area (TPSA) is 34.1 Å². The molecule has 0 spiro atoms. The maximum atomic E-state index is 9.63. The largest absolute Gasteiger partial charge is 0.229 e. The first kappa shape index (κ1) is 14.2. The first-order valence-electron chi connectivity index (χ1n) is 6.05. The van der Waals surface area contributed by atoms with Crippen molar-refractivity contribution in [2.45, 2.75) is 32.6 Å². The molecule has 0 unspecified atom stereocenters. The third-order valence-corrected chi connectivity index (χ3v) is 3.26. The molecule has 0 amide bonds. The molecule has 0 bridgehead atoms. The molecule has 0 heterocycles. The first-order chi connectivity index (χ1) is 7.83. The fraction of sp³-hybridized carbons (Fsp3) is 0.571. The molecule has 0 aliphatic heterocycles. The molecule has 1 aliphatic rings. The SMILES string of the molecule is CC[C@H]1Cc2ccccc2[C@H]1C.CS(C)(=O)=O. The molecule has 1 aliphatic carbocycles. The highest BCUT2D eigenvalue weighted by molar-refractivity contribution is 7.89. The minimum Gasteiger partial charge on any atom is -0.229 e. The van der Waals surface area contributed by atoms with E-state index in [2.05, 4.69) is 38.1 Å². The van der Waals surface area contributed by atoms with Crippen LogP contribution in [0.5, 0.6) is 0 Å². The average molecular weight is 254 g/mol. The zero-order valence-electron chi connectivity index (χ0n) is 11.1. The summed E-state index contributed by atoms with van der Waals surface area (Å²) < 4.78 is 19.3. The Labute approximate surface area is 105 Å². The lowest BCUT2D eigenvalue weighted by Gasteiger charge is -2.12. The average Bonchev–Trinajstić information content (AvgIpc) is 2.54. The molecular weight excluding hydrogens is 232 g/mol. The third kappa shape index (κ3) is 4.50. The Bertz CT molecular complexity index is 455. The van der Waals surface area contributed by atoms with E-state index in [-0.39, 0.29) is 0 Å². The van der Waals surface area contributed by atoms with Crippen molar-refractivity contribution in [3.8, 4) is 0 Å². The smallest absolute Gasteiger partial charge is 0.144 e. The number of rotatable bonds is 1. The predicted molar refractivity (Wildman–Crippen MR) is 73.1 cm³/mol. The molecule has 3 heteroatoms. The van der Waals surface area contributed by atoms with Gasteiger partial charge in [-0.15, -0.1) is 0 Å². The van der Waals surface area contributed by atoms with Crippen LogP contribution < -0.4 is 0 Å². The van der Waals surface area contributed by atoms with Crippen LogP contribution in [0.1, 0.15) is 37.3 Å². The first-order valence-corrected chi connectivity index (χ1v) is 8.35. The van der Waals surface area contributed by atoms with Gasteiger partial charge in [0.25, 0.3) is 0 Å². The van der Waals surface area contributed by atoms with Gasteiger partial charge in [-0.25, -0.2) is 8.42 Å². The molecule has 0 fully saturated rings. The van der Waals surface area contributed by atoms with Gasteiger partial charge in [-0.05, 0) is 29.4 Å². The standard InChI is InChI=1S/C12H16.C2H6O2S/c1-3-10-8-11-6-4-5-7-12(11)9(10)2;1-5(2,3)4/h4-7,9-10H,3,8H2,1-2H3;1-2H3/t9-,10-;/m0./s1. The number of fused-ring (bicyclic) bond motifs is 1. The van der Waals surface area contributed by atoms with E-state index in [0.717, 1.165) is 24.3 Å². The van der Waals surface area contributed by atoms with E-state index in [1.54, 1.807) is 11.1 Å². The summed E-state index contributed by atoms with van der Waals surface area (Å²) in [5, 5.41) is 0. The van der Waals surface area contributed by atoms with Gasteiger partial charge < -0.3 is 0 Å².